The van der Waals surface area contributed by atoms with Crippen LogP contribution in [-0.2, 0) is 25.6 Å². The largest absolute Gasteiger partial charge is 0.460 e. The van der Waals surface area contributed by atoms with Crippen molar-refractivity contribution in [2.45, 2.75) is 134 Å². The summed E-state index contributed by atoms with van der Waals surface area (Å²) < 4.78 is 11.6. The third kappa shape index (κ3) is 12.9. The summed E-state index contributed by atoms with van der Waals surface area (Å²) in [5, 5.41) is 0. The number of carbonyl (C=O) groups is 2. The summed E-state index contributed by atoms with van der Waals surface area (Å²) in [5.74, 6) is -0.307. The van der Waals surface area contributed by atoms with E-state index in [0.717, 1.165) is 32.5 Å². The highest BCUT2D eigenvalue weighted by Gasteiger charge is 2.42. The van der Waals surface area contributed by atoms with Gasteiger partial charge in [-0.3, -0.25) is 14.5 Å². The van der Waals surface area contributed by atoms with E-state index in [9.17, 15) is 9.59 Å². The first-order valence-electron chi connectivity index (χ1n) is 14.6. The van der Waals surface area contributed by atoms with Crippen LogP contribution in [0.5, 0.6) is 0 Å². The molecule has 0 radical (unpaired) electrons. The highest BCUT2D eigenvalue weighted by Crippen LogP contribution is 2.41. The fourth-order valence-electron chi connectivity index (χ4n) is 5.74. The molecular formula is C34H59NO4. The molecule has 0 amide bonds. The van der Waals surface area contributed by atoms with Gasteiger partial charge in [0.25, 0.3) is 0 Å². The first kappa shape index (κ1) is 35.1. The minimum Gasteiger partial charge on any atom is -0.460 e. The number of esters is 2. The first-order valence-corrected chi connectivity index (χ1v) is 14.6. The van der Waals surface area contributed by atoms with Crippen LogP contribution >= 0.6 is 0 Å². The van der Waals surface area contributed by atoms with E-state index in [-0.39, 0.29) is 22.8 Å². The molecule has 1 atom stereocenters. The number of rotatable bonds is 13. The number of benzene rings is 1. The van der Waals surface area contributed by atoms with Gasteiger partial charge in [-0.2, -0.15) is 0 Å². The summed E-state index contributed by atoms with van der Waals surface area (Å²) in [6.07, 6.45) is 2.36. The molecule has 0 aliphatic rings. The number of hydrogen-bond donors (Lipinski definition) is 0. The SMILES string of the molecule is CCC(C)(CN(Cc1ccccc1)CC(C)(C)CC(C)(C)C(=O)OC(C)(C)C)CC(C)(C)C(=O)OC(C)(C)C. The zero-order valence-corrected chi connectivity index (χ0v) is 27.7. The average molecular weight is 546 g/mol. The van der Waals surface area contributed by atoms with Crippen molar-refractivity contribution in [2.75, 3.05) is 13.1 Å². The Hall–Kier alpha value is -1.88. The molecule has 0 aliphatic heterocycles. The molecule has 0 aliphatic carbocycles. The van der Waals surface area contributed by atoms with Crippen LogP contribution in [0.3, 0.4) is 0 Å². The highest BCUT2D eigenvalue weighted by molar-refractivity contribution is 5.76. The molecule has 224 valence electrons. The zero-order chi connectivity index (χ0) is 30.5. The molecule has 0 aromatic heterocycles. The van der Waals surface area contributed by atoms with Gasteiger partial charge in [0.1, 0.15) is 11.2 Å². The predicted molar refractivity (Wildman–Crippen MR) is 162 cm³/mol. The summed E-state index contributed by atoms with van der Waals surface area (Å²) in [6.45, 7) is 30.9. The van der Waals surface area contributed by atoms with Crippen LogP contribution < -0.4 is 0 Å². The molecule has 5 nitrogen and oxygen atoms in total. The van der Waals surface area contributed by atoms with Crippen LogP contribution in [0.4, 0.5) is 0 Å². The predicted octanol–water partition coefficient (Wildman–Crippen LogP) is 8.45. The standard InChI is InChI=1S/C34H59NO4/c1-15-34(14,23-33(12,13)28(37)39-30(5,6)7)25-35(21-26-19-17-16-18-20-26)24-31(8,9)22-32(10,11)27(36)38-29(2,3)4/h16-20H,15,21-25H2,1-14H3. The Morgan fingerprint density at radius 3 is 1.51 bits per heavy atom. The van der Waals surface area contributed by atoms with E-state index in [1.165, 1.54) is 5.56 Å². The molecule has 0 N–H and O–H groups in total. The molecule has 0 fully saturated rings. The lowest BCUT2D eigenvalue weighted by molar-refractivity contribution is -0.168. The molecule has 0 saturated carbocycles. The van der Waals surface area contributed by atoms with Gasteiger partial charge in [-0.25, -0.2) is 0 Å². The second kappa shape index (κ2) is 12.7. The Balaban J connectivity index is 3.22. The number of ether oxygens (including phenoxy) is 2. The van der Waals surface area contributed by atoms with Crippen molar-refractivity contribution >= 4 is 11.9 Å². The van der Waals surface area contributed by atoms with Crippen LogP contribution in [0, 0.1) is 21.7 Å². The average Bonchev–Trinajstić information content (AvgIpc) is 2.70. The van der Waals surface area contributed by atoms with Crippen LogP contribution in [0.2, 0.25) is 0 Å². The molecule has 0 bridgehead atoms. The monoisotopic (exact) mass is 545 g/mol. The van der Waals surface area contributed by atoms with Crippen LogP contribution in [0.1, 0.15) is 122 Å². The van der Waals surface area contributed by atoms with E-state index < -0.39 is 22.0 Å². The topological polar surface area (TPSA) is 55.8 Å². The van der Waals surface area contributed by atoms with Gasteiger partial charge in [-0.1, -0.05) is 58.0 Å². The minimum atomic E-state index is -0.609. The Morgan fingerprint density at radius 2 is 1.10 bits per heavy atom. The Bertz CT molecular complexity index is 934. The van der Waals surface area contributed by atoms with Crippen molar-refractivity contribution in [2.24, 2.45) is 21.7 Å². The fourth-order valence-corrected chi connectivity index (χ4v) is 5.74. The van der Waals surface area contributed by atoms with E-state index in [0.29, 0.717) is 6.42 Å². The Morgan fingerprint density at radius 1 is 0.667 bits per heavy atom. The van der Waals surface area contributed by atoms with E-state index in [4.69, 9.17) is 9.47 Å². The normalized spacial score (nSPS) is 15.2. The number of hydrogen-bond acceptors (Lipinski definition) is 5. The van der Waals surface area contributed by atoms with Crippen molar-refractivity contribution in [1.82, 2.24) is 4.90 Å². The summed E-state index contributed by atoms with van der Waals surface area (Å²) in [4.78, 5) is 28.7. The minimum absolute atomic E-state index is 0.105. The van der Waals surface area contributed by atoms with E-state index >= 15 is 0 Å². The summed E-state index contributed by atoms with van der Waals surface area (Å²) in [5.41, 5.74) is -1.24. The lowest BCUT2D eigenvalue weighted by Gasteiger charge is -2.43. The van der Waals surface area contributed by atoms with Gasteiger partial charge in [-0.05, 0) is 105 Å². The van der Waals surface area contributed by atoms with Crippen LogP contribution in [-0.4, -0.2) is 41.1 Å². The third-order valence-corrected chi connectivity index (χ3v) is 7.05. The first-order chi connectivity index (χ1) is 17.4. The Labute approximate surface area is 240 Å². The molecule has 1 rings (SSSR count). The van der Waals surface area contributed by atoms with Gasteiger partial charge >= 0.3 is 11.9 Å². The second-order valence-corrected chi connectivity index (χ2v) is 16.1. The van der Waals surface area contributed by atoms with Crippen molar-refractivity contribution in [3.8, 4) is 0 Å². The lowest BCUT2D eigenvalue weighted by atomic mass is 9.71. The molecule has 1 aromatic rings. The molecule has 1 unspecified atom stereocenters. The maximum absolute atomic E-state index is 13.1. The maximum Gasteiger partial charge on any atom is 0.312 e. The molecular weight excluding hydrogens is 486 g/mol. The van der Waals surface area contributed by atoms with E-state index in [2.05, 4.69) is 56.9 Å². The van der Waals surface area contributed by atoms with Crippen LogP contribution in [0.25, 0.3) is 0 Å². The third-order valence-electron chi connectivity index (χ3n) is 7.05. The van der Waals surface area contributed by atoms with Crippen molar-refractivity contribution in [3.05, 3.63) is 35.9 Å². The van der Waals surface area contributed by atoms with Gasteiger partial charge < -0.3 is 9.47 Å². The molecule has 39 heavy (non-hydrogen) atoms. The summed E-state index contributed by atoms with van der Waals surface area (Å²) in [7, 11) is 0. The molecule has 0 saturated heterocycles. The summed E-state index contributed by atoms with van der Waals surface area (Å²) >= 11 is 0. The van der Waals surface area contributed by atoms with E-state index in [1.54, 1.807) is 0 Å². The lowest BCUT2D eigenvalue weighted by Crippen LogP contribution is -2.46. The quantitative estimate of drug-likeness (QED) is 0.233. The second-order valence-electron chi connectivity index (χ2n) is 16.1. The highest BCUT2D eigenvalue weighted by atomic mass is 16.6. The molecule has 0 spiro atoms. The Kier molecular flexibility index (Phi) is 11.5. The van der Waals surface area contributed by atoms with Gasteiger partial charge in [0.05, 0.1) is 10.8 Å². The van der Waals surface area contributed by atoms with E-state index in [1.807, 2.05) is 75.3 Å². The number of carbonyl (C=O) groups excluding carboxylic acids is 2. The number of nitrogens with zero attached hydrogens (tertiary/aromatic N) is 1. The van der Waals surface area contributed by atoms with Crippen molar-refractivity contribution in [1.29, 1.82) is 0 Å². The van der Waals surface area contributed by atoms with Gasteiger partial charge in [0.15, 0.2) is 0 Å². The van der Waals surface area contributed by atoms with Crippen molar-refractivity contribution < 1.29 is 19.1 Å². The zero-order valence-electron chi connectivity index (χ0n) is 27.7. The molecule has 1 aromatic carbocycles. The molecule has 5 heteroatoms. The van der Waals surface area contributed by atoms with Crippen molar-refractivity contribution in [3.63, 3.8) is 0 Å². The fraction of sp³-hybridized carbons (Fsp3) is 0.765. The van der Waals surface area contributed by atoms with Gasteiger partial charge in [-0.15, -0.1) is 0 Å². The maximum atomic E-state index is 13.1. The smallest absolute Gasteiger partial charge is 0.312 e. The van der Waals surface area contributed by atoms with Crippen LogP contribution in [0.15, 0.2) is 30.3 Å². The summed E-state index contributed by atoms with van der Waals surface area (Å²) in [6, 6.07) is 10.5. The van der Waals surface area contributed by atoms with Gasteiger partial charge in [0, 0.05) is 19.6 Å². The van der Waals surface area contributed by atoms with Gasteiger partial charge in [0.2, 0.25) is 0 Å². The molecule has 0 heterocycles.